The second-order valence-electron chi connectivity index (χ2n) is 9.83. The largest absolute Gasteiger partial charge is 0.495 e. The average Bonchev–Trinajstić information content (AvgIpc) is 2.91. The van der Waals surface area contributed by atoms with E-state index in [9.17, 15) is 22.2 Å². The number of ether oxygens (including phenoxy) is 2. The SMILES string of the molecule is C=S(C)(=O)Nc1cccc(Cl)c1Oc1nc(Nc2ccc(C(=O)NC3CCN(C)CC3)cc2OC)ncc1C(F)(F)F. The van der Waals surface area contributed by atoms with Gasteiger partial charge in [0.05, 0.1) is 23.5 Å². The first kappa shape index (κ1) is 31.2. The minimum absolute atomic E-state index is 0.0549. The first-order valence-corrected chi connectivity index (χ1v) is 15.2. The summed E-state index contributed by atoms with van der Waals surface area (Å²) in [6, 6.07) is 8.99. The number of aromatic nitrogens is 2. The van der Waals surface area contributed by atoms with Gasteiger partial charge in [-0.15, -0.1) is 0 Å². The molecule has 1 aromatic heterocycles. The van der Waals surface area contributed by atoms with Crippen molar-refractivity contribution in [2.24, 2.45) is 0 Å². The molecule has 3 aromatic rings. The maximum Gasteiger partial charge on any atom is 0.423 e. The summed E-state index contributed by atoms with van der Waals surface area (Å²) < 4.78 is 67.4. The number of carbonyl (C=O) groups excluding carboxylic acids is 1. The number of piperidine rings is 1. The van der Waals surface area contributed by atoms with E-state index in [1.54, 1.807) is 6.07 Å². The van der Waals surface area contributed by atoms with Crippen molar-refractivity contribution in [2.45, 2.75) is 25.1 Å². The predicted molar refractivity (Wildman–Crippen MR) is 158 cm³/mol. The number of hydrogen-bond donors (Lipinski definition) is 3. The van der Waals surface area contributed by atoms with Gasteiger partial charge in [-0.3, -0.25) is 4.79 Å². The third-order valence-corrected chi connectivity index (χ3v) is 7.26. The Morgan fingerprint density at radius 1 is 1.19 bits per heavy atom. The summed E-state index contributed by atoms with van der Waals surface area (Å²) in [5.74, 6) is 2.13. The molecule has 1 atom stereocenters. The van der Waals surface area contributed by atoms with Crippen LogP contribution >= 0.6 is 11.6 Å². The van der Waals surface area contributed by atoms with E-state index in [1.807, 2.05) is 7.05 Å². The van der Waals surface area contributed by atoms with Gasteiger partial charge in [-0.05, 0) is 69.2 Å². The van der Waals surface area contributed by atoms with Gasteiger partial charge < -0.3 is 29.7 Å². The Bertz CT molecular complexity index is 1560. The number of methoxy groups -OCH3 is 1. The molecule has 0 radical (unpaired) electrons. The topological polar surface area (TPSA) is 118 Å². The van der Waals surface area contributed by atoms with Crippen LogP contribution in [0.25, 0.3) is 0 Å². The number of carbonyl (C=O) groups is 1. The molecule has 0 saturated carbocycles. The van der Waals surface area contributed by atoms with Crippen molar-refractivity contribution < 1.29 is 31.6 Å². The number of benzene rings is 2. The molecule has 1 amide bonds. The second-order valence-corrected chi connectivity index (χ2v) is 12.4. The lowest BCUT2D eigenvalue weighted by molar-refractivity contribution is -0.139. The quantitative estimate of drug-likeness (QED) is 0.278. The Hall–Kier alpha value is -3.75. The van der Waals surface area contributed by atoms with Crippen molar-refractivity contribution in [1.29, 1.82) is 0 Å². The number of alkyl halides is 3. The van der Waals surface area contributed by atoms with Crippen LogP contribution in [0.15, 0.2) is 42.6 Å². The van der Waals surface area contributed by atoms with Gasteiger partial charge in [0, 0.05) is 33.8 Å². The Labute approximate surface area is 246 Å². The maximum absolute atomic E-state index is 13.9. The number of rotatable bonds is 9. The normalized spacial score (nSPS) is 15.9. The number of halogens is 4. The number of anilines is 3. The average molecular weight is 627 g/mol. The molecule has 0 aliphatic carbocycles. The molecule has 0 bridgehead atoms. The Balaban J connectivity index is 1.61. The van der Waals surface area contributed by atoms with Crippen LogP contribution in [-0.4, -0.2) is 70.4 Å². The minimum atomic E-state index is -4.87. The highest BCUT2D eigenvalue weighted by Crippen LogP contribution is 2.42. The Morgan fingerprint density at radius 3 is 2.55 bits per heavy atom. The van der Waals surface area contributed by atoms with E-state index in [-0.39, 0.29) is 40.1 Å². The standard InChI is InChI=1S/C27H30ClF3N6O4S/c1-37-12-10-17(11-13-37)33-24(38)16-8-9-20(22(14-16)40-2)34-26-32-15-18(27(29,30)31)25(35-26)41-23-19(28)6-5-7-21(23)36-42(3,4)39/h5-9,14-15,17H,3,10-13H2,1-2,4H3,(H,33,38)(H,36,39)(H,32,34,35). The van der Waals surface area contributed by atoms with Crippen LogP contribution in [-0.2, 0) is 15.9 Å². The van der Waals surface area contributed by atoms with E-state index in [1.165, 1.54) is 43.7 Å². The van der Waals surface area contributed by atoms with Crippen molar-refractivity contribution >= 4 is 50.4 Å². The van der Waals surface area contributed by atoms with Crippen molar-refractivity contribution in [3.63, 3.8) is 0 Å². The highest BCUT2D eigenvalue weighted by atomic mass is 35.5. The van der Waals surface area contributed by atoms with Crippen molar-refractivity contribution in [3.05, 3.63) is 58.7 Å². The second kappa shape index (κ2) is 12.6. The lowest BCUT2D eigenvalue weighted by Crippen LogP contribution is -2.43. The molecule has 226 valence electrons. The Morgan fingerprint density at radius 2 is 1.90 bits per heavy atom. The molecule has 1 saturated heterocycles. The van der Waals surface area contributed by atoms with Gasteiger partial charge in [0.1, 0.15) is 11.3 Å². The zero-order valence-electron chi connectivity index (χ0n) is 23.0. The summed E-state index contributed by atoms with van der Waals surface area (Å²) in [4.78, 5) is 22.8. The molecule has 1 fully saturated rings. The van der Waals surface area contributed by atoms with Gasteiger partial charge in [-0.1, -0.05) is 17.7 Å². The van der Waals surface area contributed by atoms with E-state index >= 15 is 0 Å². The lowest BCUT2D eigenvalue weighted by atomic mass is 10.0. The maximum atomic E-state index is 13.9. The summed E-state index contributed by atoms with van der Waals surface area (Å²) >= 11 is 6.22. The molecule has 0 spiro atoms. The highest BCUT2D eigenvalue weighted by molar-refractivity contribution is 8.00. The predicted octanol–water partition coefficient (Wildman–Crippen LogP) is 5.19. The van der Waals surface area contributed by atoms with Crippen LogP contribution in [0.4, 0.5) is 30.5 Å². The first-order valence-electron chi connectivity index (χ1n) is 12.7. The van der Waals surface area contributed by atoms with E-state index in [0.717, 1.165) is 25.9 Å². The molecule has 42 heavy (non-hydrogen) atoms. The number of nitrogens with one attached hydrogen (secondary N) is 3. The number of likely N-dealkylation sites (tertiary alicyclic amines) is 1. The smallest absolute Gasteiger partial charge is 0.423 e. The van der Waals surface area contributed by atoms with Crippen LogP contribution in [0.3, 0.4) is 0 Å². The lowest BCUT2D eigenvalue weighted by Gasteiger charge is -2.29. The molecule has 4 rings (SSSR count). The van der Waals surface area contributed by atoms with Crippen LogP contribution in [0.2, 0.25) is 5.02 Å². The molecular formula is C27H30ClF3N6O4S. The number of para-hydroxylation sites is 1. The third-order valence-electron chi connectivity index (χ3n) is 6.31. The summed E-state index contributed by atoms with van der Waals surface area (Å²) in [6.07, 6.45) is -1.31. The van der Waals surface area contributed by atoms with Crippen molar-refractivity contribution in [3.8, 4) is 17.4 Å². The van der Waals surface area contributed by atoms with Gasteiger partial charge in [0.2, 0.25) is 11.8 Å². The van der Waals surface area contributed by atoms with Gasteiger partial charge in [0.15, 0.2) is 5.75 Å². The van der Waals surface area contributed by atoms with Crippen molar-refractivity contribution in [2.75, 3.05) is 43.5 Å². The van der Waals surface area contributed by atoms with E-state index in [4.69, 9.17) is 21.1 Å². The highest BCUT2D eigenvalue weighted by Gasteiger charge is 2.37. The zero-order valence-corrected chi connectivity index (χ0v) is 24.6. The molecular weight excluding hydrogens is 597 g/mol. The van der Waals surface area contributed by atoms with Crippen LogP contribution < -0.4 is 24.8 Å². The van der Waals surface area contributed by atoms with E-state index in [0.29, 0.717) is 17.4 Å². The van der Waals surface area contributed by atoms with Gasteiger partial charge in [-0.2, -0.15) is 18.2 Å². The number of hydrogen-bond acceptors (Lipinski definition) is 8. The molecule has 10 nitrogen and oxygen atoms in total. The Kier molecular flexibility index (Phi) is 9.38. The molecule has 2 heterocycles. The zero-order chi connectivity index (χ0) is 30.7. The molecule has 15 heteroatoms. The summed E-state index contributed by atoms with van der Waals surface area (Å²) in [7, 11) is 0.597. The molecule has 1 unspecified atom stereocenters. The van der Waals surface area contributed by atoms with Gasteiger partial charge in [-0.25, -0.2) is 9.19 Å². The minimum Gasteiger partial charge on any atom is -0.495 e. The van der Waals surface area contributed by atoms with Crippen LogP contribution in [0, 0.1) is 0 Å². The molecule has 3 N–H and O–H groups in total. The summed E-state index contributed by atoms with van der Waals surface area (Å²) in [6.45, 7) is 1.78. The summed E-state index contributed by atoms with van der Waals surface area (Å²) in [5.41, 5.74) is -0.562. The van der Waals surface area contributed by atoms with Crippen LogP contribution in [0.5, 0.6) is 17.4 Å². The van der Waals surface area contributed by atoms with E-state index < -0.39 is 27.3 Å². The number of nitrogens with zero attached hydrogens (tertiary/aromatic N) is 3. The monoisotopic (exact) mass is 626 g/mol. The van der Waals surface area contributed by atoms with Gasteiger partial charge >= 0.3 is 6.18 Å². The van der Waals surface area contributed by atoms with Crippen molar-refractivity contribution in [1.82, 2.24) is 20.2 Å². The molecule has 2 aromatic carbocycles. The fraction of sp³-hybridized carbons (Fsp3) is 0.333. The fourth-order valence-electron chi connectivity index (χ4n) is 4.20. The van der Waals surface area contributed by atoms with Crippen LogP contribution in [0.1, 0.15) is 28.8 Å². The third kappa shape index (κ3) is 7.95. The number of amides is 1. The fourth-order valence-corrected chi connectivity index (χ4v) is 5.04. The molecule has 1 aliphatic heterocycles. The molecule has 1 aliphatic rings. The summed E-state index contributed by atoms with van der Waals surface area (Å²) in [5, 5.41) is 5.78. The van der Waals surface area contributed by atoms with E-state index in [2.05, 4.69) is 36.1 Å². The van der Waals surface area contributed by atoms with Gasteiger partial charge in [0.25, 0.3) is 5.91 Å². The first-order chi connectivity index (χ1) is 19.7.